The minimum Gasteiger partial charge on any atom is -0.329 e. The molecule has 3 N–H and O–H groups in total. The quantitative estimate of drug-likeness (QED) is 0.738. The van der Waals surface area contributed by atoms with E-state index in [0.29, 0.717) is 13.1 Å². The first kappa shape index (κ1) is 16.4. The Hall–Kier alpha value is -0.960. The molecule has 1 aliphatic rings. The maximum atomic E-state index is 12.3. The van der Waals surface area contributed by atoms with Crippen molar-refractivity contribution >= 4 is 10.0 Å². The van der Waals surface area contributed by atoms with Crippen molar-refractivity contribution < 1.29 is 8.42 Å². The second kappa shape index (κ2) is 7.35. The van der Waals surface area contributed by atoms with Crippen molar-refractivity contribution in [1.82, 2.24) is 19.4 Å². The van der Waals surface area contributed by atoms with E-state index in [9.17, 15) is 8.42 Å². The number of rotatable bonds is 7. The molecule has 0 aliphatic carbocycles. The smallest absolute Gasteiger partial charge is 0.243 e. The van der Waals surface area contributed by atoms with Gasteiger partial charge in [0.15, 0.2) is 0 Å². The molecule has 0 amide bonds. The fourth-order valence-corrected chi connectivity index (χ4v) is 3.82. The highest BCUT2D eigenvalue weighted by atomic mass is 32.2. The molecule has 0 radical (unpaired) electrons. The Morgan fingerprint density at radius 3 is 2.76 bits per heavy atom. The number of nitrogens with one attached hydrogen (secondary N) is 1. The van der Waals surface area contributed by atoms with E-state index in [0.717, 1.165) is 19.6 Å². The molecule has 1 aromatic rings. The van der Waals surface area contributed by atoms with Crippen LogP contribution in [0, 0.1) is 0 Å². The molecule has 1 saturated heterocycles. The summed E-state index contributed by atoms with van der Waals surface area (Å²) < 4.78 is 28.8. The minimum absolute atomic E-state index is 0.119. The van der Waals surface area contributed by atoms with E-state index in [1.807, 2.05) is 6.92 Å². The lowest BCUT2D eigenvalue weighted by Crippen LogP contribution is -2.43. The van der Waals surface area contributed by atoms with Crippen LogP contribution in [0.25, 0.3) is 0 Å². The first-order valence-corrected chi connectivity index (χ1v) is 8.97. The molecule has 1 aromatic heterocycles. The van der Waals surface area contributed by atoms with Gasteiger partial charge in [0.25, 0.3) is 0 Å². The zero-order valence-electron chi connectivity index (χ0n) is 12.5. The predicted molar refractivity (Wildman–Crippen MR) is 81.4 cm³/mol. The van der Waals surface area contributed by atoms with Gasteiger partial charge in [0, 0.05) is 25.3 Å². The number of hydrogen-bond donors (Lipinski definition) is 2. The van der Waals surface area contributed by atoms with Crippen LogP contribution in [0.4, 0.5) is 0 Å². The van der Waals surface area contributed by atoms with E-state index in [2.05, 4.69) is 14.7 Å². The molecular formula is C13H25N5O2S. The lowest BCUT2D eigenvalue weighted by molar-refractivity contribution is 0.215. The highest BCUT2D eigenvalue weighted by Gasteiger charge is 2.21. The Kier molecular flexibility index (Phi) is 5.74. The zero-order valence-corrected chi connectivity index (χ0v) is 13.3. The molecule has 2 rings (SSSR count). The maximum Gasteiger partial charge on any atom is 0.243 e. The highest BCUT2D eigenvalue weighted by Crippen LogP contribution is 2.11. The molecule has 1 atom stereocenters. The first-order valence-electron chi connectivity index (χ1n) is 7.48. The molecule has 8 heteroatoms. The van der Waals surface area contributed by atoms with Crippen LogP contribution >= 0.6 is 0 Å². The second-order valence-corrected chi connectivity index (χ2v) is 7.33. The van der Waals surface area contributed by atoms with Gasteiger partial charge in [0.2, 0.25) is 10.0 Å². The van der Waals surface area contributed by atoms with E-state index >= 15 is 0 Å². The summed E-state index contributed by atoms with van der Waals surface area (Å²) in [6.45, 7) is 5.70. The fraction of sp³-hybridized carbons (Fsp3) is 0.769. The van der Waals surface area contributed by atoms with Crippen molar-refractivity contribution in [3.05, 3.63) is 12.4 Å². The van der Waals surface area contributed by atoms with Crippen LogP contribution < -0.4 is 10.5 Å². The van der Waals surface area contributed by atoms with E-state index in [1.165, 1.54) is 31.7 Å². The van der Waals surface area contributed by atoms with Crippen molar-refractivity contribution in [3.63, 3.8) is 0 Å². The fourth-order valence-electron chi connectivity index (χ4n) is 2.64. The van der Waals surface area contributed by atoms with Crippen LogP contribution in [0.3, 0.4) is 0 Å². The Bertz CT molecular complexity index is 537. The van der Waals surface area contributed by atoms with Gasteiger partial charge in [-0.15, -0.1) is 0 Å². The Balaban J connectivity index is 1.92. The normalized spacial score (nSPS) is 18.8. The van der Waals surface area contributed by atoms with Gasteiger partial charge in [0.05, 0.1) is 12.7 Å². The first-order chi connectivity index (χ1) is 10.0. The summed E-state index contributed by atoms with van der Waals surface area (Å²) in [5.74, 6) is 0. The summed E-state index contributed by atoms with van der Waals surface area (Å²) in [6, 6.07) is -0.119. The number of likely N-dealkylation sites (tertiary alicyclic amines) is 1. The monoisotopic (exact) mass is 315 g/mol. The number of piperidine rings is 1. The number of nitrogens with two attached hydrogens (primary N) is 1. The third-order valence-corrected chi connectivity index (χ3v) is 5.16. The minimum atomic E-state index is -3.51. The molecule has 1 unspecified atom stereocenters. The third kappa shape index (κ3) is 4.77. The molecule has 1 aliphatic heterocycles. The van der Waals surface area contributed by atoms with Crippen LogP contribution in [-0.4, -0.2) is 55.3 Å². The van der Waals surface area contributed by atoms with E-state index in [4.69, 9.17) is 5.73 Å². The van der Waals surface area contributed by atoms with E-state index < -0.39 is 10.0 Å². The van der Waals surface area contributed by atoms with Gasteiger partial charge in [-0.1, -0.05) is 6.42 Å². The average Bonchev–Trinajstić information content (AvgIpc) is 2.89. The largest absolute Gasteiger partial charge is 0.329 e. The van der Waals surface area contributed by atoms with Gasteiger partial charge in [-0.25, -0.2) is 13.1 Å². The van der Waals surface area contributed by atoms with Gasteiger partial charge in [-0.05, 0) is 32.9 Å². The number of hydrogen-bond acceptors (Lipinski definition) is 5. The van der Waals surface area contributed by atoms with Crippen LogP contribution in [0.1, 0.15) is 26.2 Å². The molecule has 0 aromatic carbocycles. The van der Waals surface area contributed by atoms with Crippen molar-refractivity contribution in [3.8, 4) is 0 Å². The van der Waals surface area contributed by atoms with Crippen LogP contribution in [0.15, 0.2) is 17.3 Å². The van der Waals surface area contributed by atoms with Crippen LogP contribution in [0.2, 0.25) is 0 Å². The third-order valence-electron chi connectivity index (χ3n) is 3.62. The van der Waals surface area contributed by atoms with Crippen molar-refractivity contribution in [1.29, 1.82) is 0 Å². The van der Waals surface area contributed by atoms with Crippen molar-refractivity contribution in [2.24, 2.45) is 5.73 Å². The standard InChI is InChI=1S/C13H25N5O2S/c1-12(10-17-6-3-2-4-7-17)16-21(19,20)13-9-15-18(11-13)8-5-14/h9,11-12,16H,2-8,10,14H2,1H3. The lowest BCUT2D eigenvalue weighted by Gasteiger charge is -2.29. The van der Waals surface area contributed by atoms with Gasteiger partial charge in [-0.3, -0.25) is 4.68 Å². The summed E-state index contributed by atoms with van der Waals surface area (Å²) in [7, 11) is -3.51. The van der Waals surface area contributed by atoms with Gasteiger partial charge in [-0.2, -0.15) is 5.10 Å². The van der Waals surface area contributed by atoms with Crippen LogP contribution in [0.5, 0.6) is 0 Å². The number of aromatic nitrogens is 2. The molecule has 7 nitrogen and oxygen atoms in total. The molecule has 1 fully saturated rings. The topological polar surface area (TPSA) is 93.2 Å². The molecule has 0 saturated carbocycles. The SMILES string of the molecule is CC(CN1CCCCC1)NS(=O)(=O)c1cnn(CCN)c1. The Morgan fingerprint density at radius 2 is 2.10 bits per heavy atom. The zero-order chi connectivity index (χ0) is 15.3. The Morgan fingerprint density at radius 1 is 1.38 bits per heavy atom. The van der Waals surface area contributed by atoms with Gasteiger partial charge in [0.1, 0.15) is 4.90 Å². The molecule has 21 heavy (non-hydrogen) atoms. The van der Waals surface area contributed by atoms with Gasteiger partial charge < -0.3 is 10.6 Å². The number of sulfonamides is 1. The van der Waals surface area contributed by atoms with Crippen LogP contribution in [-0.2, 0) is 16.6 Å². The van der Waals surface area contributed by atoms with Crippen molar-refractivity contribution in [2.45, 2.75) is 43.7 Å². The Labute approximate surface area is 126 Å². The molecular weight excluding hydrogens is 290 g/mol. The summed E-state index contributed by atoms with van der Waals surface area (Å²) in [5, 5.41) is 4.00. The predicted octanol–water partition coefficient (Wildman–Crippen LogP) is -0.00550. The molecule has 120 valence electrons. The lowest BCUT2D eigenvalue weighted by atomic mass is 10.1. The number of nitrogens with zero attached hydrogens (tertiary/aromatic N) is 3. The molecule has 0 spiro atoms. The second-order valence-electron chi connectivity index (χ2n) is 5.61. The average molecular weight is 315 g/mol. The van der Waals surface area contributed by atoms with E-state index in [-0.39, 0.29) is 10.9 Å². The summed E-state index contributed by atoms with van der Waals surface area (Å²) in [5.41, 5.74) is 5.43. The maximum absolute atomic E-state index is 12.3. The molecule has 0 bridgehead atoms. The summed E-state index contributed by atoms with van der Waals surface area (Å²) in [6.07, 6.45) is 6.56. The highest BCUT2D eigenvalue weighted by molar-refractivity contribution is 7.89. The summed E-state index contributed by atoms with van der Waals surface area (Å²) in [4.78, 5) is 2.51. The van der Waals surface area contributed by atoms with E-state index in [1.54, 1.807) is 4.68 Å². The van der Waals surface area contributed by atoms with Gasteiger partial charge >= 0.3 is 0 Å². The molecule has 2 heterocycles. The van der Waals surface area contributed by atoms with Crippen molar-refractivity contribution in [2.75, 3.05) is 26.2 Å². The summed E-state index contributed by atoms with van der Waals surface area (Å²) >= 11 is 0.